The Morgan fingerprint density at radius 2 is 2.25 bits per heavy atom. The van der Waals surface area contributed by atoms with E-state index in [9.17, 15) is 0 Å². The molecule has 0 radical (unpaired) electrons. The number of nitrogens with two attached hydrogens (primary N) is 1. The van der Waals surface area contributed by atoms with Gasteiger partial charge in [0.2, 0.25) is 0 Å². The largest absolute Gasteiger partial charge is 0.448 e. The van der Waals surface area contributed by atoms with Gasteiger partial charge >= 0.3 is 0 Å². The Kier molecular flexibility index (Phi) is 3.56. The Labute approximate surface area is 98.4 Å². The van der Waals surface area contributed by atoms with Crippen molar-refractivity contribution in [2.24, 2.45) is 5.84 Å². The molecular formula is C11H12ClN3O. The third-order valence-corrected chi connectivity index (χ3v) is 2.48. The van der Waals surface area contributed by atoms with Crippen LogP contribution in [0, 0.1) is 0 Å². The van der Waals surface area contributed by atoms with E-state index in [0.717, 1.165) is 5.69 Å². The molecule has 0 aliphatic carbocycles. The van der Waals surface area contributed by atoms with Gasteiger partial charge in [0.15, 0.2) is 5.22 Å². The average molecular weight is 238 g/mol. The summed E-state index contributed by atoms with van der Waals surface area (Å²) in [5.74, 6) is 6.19. The SMILES string of the molecule is NNC(Cc1ccccn1)c1ccc(Cl)o1. The van der Waals surface area contributed by atoms with Crippen LogP contribution in [0.2, 0.25) is 5.22 Å². The van der Waals surface area contributed by atoms with Crippen LogP contribution in [-0.4, -0.2) is 4.98 Å². The minimum atomic E-state index is -0.123. The zero-order chi connectivity index (χ0) is 11.4. The van der Waals surface area contributed by atoms with Crippen molar-refractivity contribution >= 4 is 11.6 Å². The van der Waals surface area contributed by atoms with Crippen molar-refractivity contribution in [2.45, 2.75) is 12.5 Å². The highest BCUT2D eigenvalue weighted by Gasteiger charge is 2.14. The highest BCUT2D eigenvalue weighted by Crippen LogP contribution is 2.21. The van der Waals surface area contributed by atoms with Crippen LogP contribution in [0.4, 0.5) is 0 Å². The summed E-state index contributed by atoms with van der Waals surface area (Å²) < 4.78 is 5.30. The number of halogens is 1. The van der Waals surface area contributed by atoms with Crippen molar-refractivity contribution in [2.75, 3.05) is 0 Å². The van der Waals surface area contributed by atoms with Crippen molar-refractivity contribution in [3.63, 3.8) is 0 Å². The Hall–Kier alpha value is -1.36. The third-order valence-electron chi connectivity index (χ3n) is 2.28. The molecule has 5 heteroatoms. The lowest BCUT2D eigenvalue weighted by Gasteiger charge is -2.12. The Bertz CT molecular complexity index is 444. The van der Waals surface area contributed by atoms with Gasteiger partial charge in [0.25, 0.3) is 0 Å². The summed E-state index contributed by atoms with van der Waals surface area (Å²) in [6.45, 7) is 0. The van der Waals surface area contributed by atoms with E-state index in [2.05, 4.69) is 10.4 Å². The van der Waals surface area contributed by atoms with Gasteiger partial charge in [-0.1, -0.05) is 6.07 Å². The van der Waals surface area contributed by atoms with E-state index in [0.29, 0.717) is 17.4 Å². The first-order valence-electron chi connectivity index (χ1n) is 4.91. The topological polar surface area (TPSA) is 64.1 Å². The fraction of sp³-hybridized carbons (Fsp3) is 0.182. The molecule has 2 aromatic rings. The summed E-state index contributed by atoms with van der Waals surface area (Å²) in [6.07, 6.45) is 2.40. The maximum absolute atomic E-state index is 5.71. The summed E-state index contributed by atoms with van der Waals surface area (Å²) >= 11 is 5.71. The second-order valence-electron chi connectivity index (χ2n) is 3.39. The molecule has 1 atom stereocenters. The summed E-state index contributed by atoms with van der Waals surface area (Å²) in [7, 11) is 0. The molecule has 2 rings (SSSR count). The van der Waals surface area contributed by atoms with E-state index in [4.69, 9.17) is 21.9 Å². The zero-order valence-electron chi connectivity index (χ0n) is 8.56. The van der Waals surface area contributed by atoms with Crippen LogP contribution in [0.15, 0.2) is 40.9 Å². The Morgan fingerprint density at radius 3 is 2.81 bits per heavy atom. The van der Waals surface area contributed by atoms with Crippen molar-refractivity contribution in [1.29, 1.82) is 0 Å². The number of furan rings is 1. The van der Waals surface area contributed by atoms with Gasteiger partial charge in [-0.2, -0.15) is 0 Å². The number of hydrogen-bond acceptors (Lipinski definition) is 4. The quantitative estimate of drug-likeness (QED) is 0.631. The monoisotopic (exact) mass is 237 g/mol. The molecular weight excluding hydrogens is 226 g/mol. The first-order valence-corrected chi connectivity index (χ1v) is 5.28. The molecule has 0 saturated heterocycles. The average Bonchev–Trinajstić information content (AvgIpc) is 2.74. The van der Waals surface area contributed by atoms with Crippen molar-refractivity contribution < 1.29 is 4.42 Å². The molecule has 0 bridgehead atoms. The molecule has 0 aliphatic heterocycles. The Morgan fingerprint density at radius 1 is 1.38 bits per heavy atom. The van der Waals surface area contributed by atoms with Crippen molar-refractivity contribution in [1.82, 2.24) is 10.4 Å². The maximum Gasteiger partial charge on any atom is 0.193 e. The number of aromatic nitrogens is 1. The van der Waals surface area contributed by atoms with Crippen molar-refractivity contribution in [3.05, 3.63) is 53.2 Å². The molecule has 3 N–H and O–H groups in total. The zero-order valence-corrected chi connectivity index (χ0v) is 9.32. The molecule has 0 fully saturated rings. The van der Waals surface area contributed by atoms with Gasteiger partial charge in [0, 0.05) is 18.3 Å². The maximum atomic E-state index is 5.71. The molecule has 84 valence electrons. The number of hydrazine groups is 1. The summed E-state index contributed by atoms with van der Waals surface area (Å²) in [5.41, 5.74) is 3.63. The fourth-order valence-corrected chi connectivity index (χ4v) is 1.64. The smallest absolute Gasteiger partial charge is 0.193 e. The molecule has 0 spiro atoms. The van der Waals surface area contributed by atoms with Gasteiger partial charge in [-0.25, -0.2) is 5.43 Å². The number of rotatable bonds is 4. The van der Waals surface area contributed by atoms with Crippen LogP contribution in [0.5, 0.6) is 0 Å². The van der Waals surface area contributed by atoms with Crippen LogP contribution in [0.25, 0.3) is 0 Å². The first-order chi connectivity index (χ1) is 7.79. The van der Waals surface area contributed by atoms with Gasteiger partial charge in [-0.15, -0.1) is 0 Å². The molecule has 2 aromatic heterocycles. The number of hydrogen-bond donors (Lipinski definition) is 2. The predicted molar refractivity (Wildman–Crippen MR) is 61.7 cm³/mol. The molecule has 2 heterocycles. The first kappa shape index (κ1) is 11.1. The summed E-state index contributed by atoms with van der Waals surface area (Å²) in [4.78, 5) is 4.23. The Balaban J connectivity index is 2.12. The molecule has 1 unspecified atom stereocenters. The van der Waals surface area contributed by atoms with E-state index in [1.807, 2.05) is 18.2 Å². The summed E-state index contributed by atoms with van der Waals surface area (Å²) in [5, 5.41) is 0.358. The lowest BCUT2D eigenvalue weighted by atomic mass is 10.1. The van der Waals surface area contributed by atoms with Crippen LogP contribution in [0.1, 0.15) is 17.5 Å². The summed E-state index contributed by atoms with van der Waals surface area (Å²) in [6, 6.07) is 9.12. The molecule has 0 saturated carbocycles. The highest BCUT2D eigenvalue weighted by atomic mass is 35.5. The molecule has 0 amide bonds. The molecule has 0 aliphatic rings. The number of pyridine rings is 1. The lowest BCUT2D eigenvalue weighted by Crippen LogP contribution is -2.29. The standard InChI is InChI=1S/C11H12ClN3O/c12-11-5-4-10(16-11)9(15-13)7-8-3-1-2-6-14-8/h1-6,9,15H,7,13H2. The van der Waals surface area contributed by atoms with Gasteiger partial charge < -0.3 is 4.42 Å². The second-order valence-corrected chi connectivity index (χ2v) is 3.76. The number of nitrogens with one attached hydrogen (secondary N) is 1. The van der Waals surface area contributed by atoms with Gasteiger partial charge in [0.1, 0.15) is 5.76 Å². The normalized spacial score (nSPS) is 12.6. The molecule has 4 nitrogen and oxygen atoms in total. The minimum Gasteiger partial charge on any atom is -0.448 e. The van der Waals surface area contributed by atoms with Gasteiger partial charge in [-0.3, -0.25) is 10.8 Å². The van der Waals surface area contributed by atoms with Gasteiger partial charge in [-0.05, 0) is 35.9 Å². The van der Waals surface area contributed by atoms with Crippen LogP contribution in [-0.2, 0) is 6.42 Å². The lowest BCUT2D eigenvalue weighted by molar-refractivity contribution is 0.415. The van der Waals surface area contributed by atoms with Crippen LogP contribution in [0.3, 0.4) is 0 Å². The fourth-order valence-electron chi connectivity index (χ4n) is 1.49. The predicted octanol–water partition coefficient (Wildman–Crippen LogP) is 2.08. The molecule has 16 heavy (non-hydrogen) atoms. The molecule has 0 aromatic carbocycles. The minimum absolute atomic E-state index is 0.123. The van der Waals surface area contributed by atoms with E-state index < -0.39 is 0 Å². The second kappa shape index (κ2) is 5.12. The highest BCUT2D eigenvalue weighted by molar-refractivity contribution is 6.28. The van der Waals surface area contributed by atoms with Crippen LogP contribution >= 0.6 is 11.6 Å². The third kappa shape index (κ3) is 2.61. The van der Waals surface area contributed by atoms with E-state index >= 15 is 0 Å². The van der Waals surface area contributed by atoms with Crippen molar-refractivity contribution in [3.8, 4) is 0 Å². The van der Waals surface area contributed by atoms with Crippen LogP contribution < -0.4 is 11.3 Å². The number of nitrogens with zero attached hydrogens (tertiary/aromatic N) is 1. The van der Waals surface area contributed by atoms with Gasteiger partial charge in [0.05, 0.1) is 6.04 Å². The van der Waals surface area contributed by atoms with E-state index in [-0.39, 0.29) is 6.04 Å². The van der Waals surface area contributed by atoms with E-state index in [1.54, 1.807) is 18.3 Å². The van der Waals surface area contributed by atoms with E-state index in [1.165, 1.54) is 0 Å².